The lowest BCUT2D eigenvalue weighted by Crippen LogP contribution is -2.32. The van der Waals surface area contributed by atoms with Gasteiger partial charge >= 0.3 is 0 Å². The van der Waals surface area contributed by atoms with Gasteiger partial charge in [0.05, 0.1) is 29.2 Å². The fourth-order valence-corrected chi connectivity index (χ4v) is 3.67. The maximum absolute atomic E-state index is 4.74. The van der Waals surface area contributed by atoms with E-state index in [0.717, 1.165) is 47.9 Å². The molecule has 0 spiro atoms. The van der Waals surface area contributed by atoms with Crippen molar-refractivity contribution in [3.8, 4) is 0 Å². The van der Waals surface area contributed by atoms with Gasteiger partial charge in [0.15, 0.2) is 5.65 Å². The summed E-state index contributed by atoms with van der Waals surface area (Å²) in [6.07, 6.45) is 9.56. The predicted molar refractivity (Wildman–Crippen MR) is 90.4 cm³/mol. The van der Waals surface area contributed by atoms with Crippen LogP contribution in [0.5, 0.6) is 0 Å². The molecule has 0 aromatic carbocycles. The van der Waals surface area contributed by atoms with Crippen LogP contribution in [0.1, 0.15) is 24.2 Å². The molecule has 1 saturated carbocycles. The third kappa shape index (κ3) is 2.34. The van der Waals surface area contributed by atoms with Gasteiger partial charge in [-0.05, 0) is 40.8 Å². The highest BCUT2D eigenvalue weighted by molar-refractivity contribution is 9.10. The lowest BCUT2D eigenvalue weighted by Gasteiger charge is -2.28. The van der Waals surface area contributed by atoms with E-state index in [1.54, 1.807) is 10.7 Å². The number of anilines is 1. The normalized spacial score (nSPS) is 17.7. The maximum atomic E-state index is 4.74. The first-order chi connectivity index (χ1) is 11.3. The second-order valence-corrected chi connectivity index (χ2v) is 7.31. The van der Waals surface area contributed by atoms with Crippen LogP contribution in [0.3, 0.4) is 0 Å². The van der Waals surface area contributed by atoms with Crippen LogP contribution in [-0.4, -0.2) is 30.7 Å². The minimum absolute atomic E-state index is 0.835. The molecule has 5 rings (SSSR count). The van der Waals surface area contributed by atoms with E-state index in [9.17, 15) is 0 Å². The first-order valence-corrected chi connectivity index (χ1v) is 8.85. The molecule has 0 radical (unpaired) electrons. The summed E-state index contributed by atoms with van der Waals surface area (Å²) in [6, 6.07) is 2.03. The van der Waals surface area contributed by atoms with E-state index in [4.69, 9.17) is 4.98 Å². The number of hydrogen-bond acceptors (Lipinski definition) is 4. The van der Waals surface area contributed by atoms with Crippen LogP contribution in [0, 0.1) is 5.92 Å². The van der Waals surface area contributed by atoms with Crippen molar-refractivity contribution in [3.05, 3.63) is 40.6 Å². The number of nitrogens with zero attached hydrogens (tertiary/aromatic N) is 6. The summed E-state index contributed by atoms with van der Waals surface area (Å²) >= 11 is 3.50. The lowest BCUT2D eigenvalue weighted by atomic mass is 10.1. The summed E-state index contributed by atoms with van der Waals surface area (Å²) in [5.74, 6) is 1.87. The van der Waals surface area contributed by atoms with Gasteiger partial charge in [0, 0.05) is 31.4 Å². The lowest BCUT2D eigenvalue weighted by molar-refractivity contribution is 0.582. The Morgan fingerprint density at radius 3 is 3.09 bits per heavy atom. The summed E-state index contributed by atoms with van der Waals surface area (Å²) in [5.41, 5.74) is 3.47. The molecule has 118 valence electrons. The van der Waals surface area contributed by atoms with Gasteiger partial charge in [-0.1, -0.05) is 0 Å². The molecule has 0 amide bonds. The van der Waals surface area contributed by atoms with Gasteiger partial charge in [-0.3, -0.25) is 0 Å². The van der Waals surface area contributed by atoms with Gasteiger partial charge in [-0.2, -0.15) is 5.10 Å². The Hall–Kier alpha value is -1.89. The van der Waals surface area contributed by atoms with E-state index >= 15 is 0 Å². The van der Waals surface area contributed by atoms with Gasteiger partial charge in [-0.15, -0.1) is 0 Å². The van der Waals surface area contributed by atoms with Crippen molar-refractivity contribution in [2.75, 3.05) is 11.4 Å². The van der Waals surface area contributed by atoms with E-state index in [2.05, 4.69) is 35.5 Å². The van der Waals surface area contributed by atoms with Crippen molar-refractivity contribution in [1.29, 1.82) is 0 Å². The van der Waals surface area contributed by atoms with Crippen molar-refractivity contribution < 1.29 is 0 Å². The van der Waals surface area contributed by atoms with Gasteiger partial charge in [0.2, 0.25) is 0 Å². The van der Waals surface area contributed by atoms with E-state index in [1.807, 2.05) is 18.6 Å². The van der Waals surface area contributed by atoms with Gasteiger partial charge in [0.25, 0.3) is 0 Å². The van der Waals surface area contributed by atoms with Crippen LogP contribution in [0.4, 0.5) is 5.82 Å². The highest BCUT2D eigenvalue weighted by atomic mass is 79.9. The number of rotatable bonds is 3. The fraction of sp³-hybridized carbons (Fsp3) is 0.438. The largest absolute Gasteiger partial charge is 0.350 e. The highest BCUT2D eigenvalue weighted by Crippen LogP contribution is 2.32. The van der Waals surface area contributed by atoms with Crippen LogP contribution >= 0.6 is 15.9 Å². The van der Waals surface area contributed by atoms with Gasteiger partial charge in [-0.25, -0.2) is 14.5 Å². The molecule has 7 heteroatoms. The highest BCUT2D eigenvalue weighted by Gasteiger charge is 2.26. The van der Waals surface area contributed by atoms with E-state index in [1.165, 1.54) is 24.2 Å². The van der Waals surface area contributed by atoms with Crippen LogP contribution in [0.2, 0.25) is 0 Å². The summed E-state index contributed by atoms with van der Waals surface area (Å²) in [7, 11) is 0. The Morgan fingerprint density at radius 2 is 2.22 bits per heavy atom. The second kappa shape index (κ2) is 5.06. The third-order valence-electron chi connectivity index (χ3n) is 4.78. The van der Waals surface area contributed by atoms with Crippen molar-refractivity contribution in [3.63, 3.8) is 0 Å². The van der Waals surface area contributed by atoms with E-state index in [-0.39, 0.29) is 0 Å². The molecule has 2 aliphatic rings. The maximum Gasteiger partial charge on any atom is 0.171 e. The summed E-state index contributed by atoms with van der Waals surface area (Å²) in [6.45, 7) is 2.97. The number of fused-ring (bicyclic) bond motifs is 2. The average Bonchev–Trinajstić information content (AvgIpc) is 3.20. The van der Waals surface area contributed by atoms with Gasteiger partial charge < -0.3 is 9.47 Å². The minimum Gasteiger partial charge on any atom is -0.350 e. The topological polar surface area (TPSA) is 51.2 Å². The molecule has 0 atom stereocenters. The molecule has 0 saturated heterocycles. The van der Waals surface area contributed by atoms with Crippen molar-refractivity contribution in [2.24, 2.45) is 5.92 Å². The predicted octanol–water partition coefficient (Wildman–Crippen LogP) is 2.66. The Bertz CT molecular complexity index is 878. The molecule has 1 aliphatic carbocycles. The SMILES string of the molecule is Brc1cnn2ccc(N3CCc4c(ncn4CC4CC4)C3)nc12. The van der Waals surface area contributed by atoms with Crippen LogP contribution in [0.25, 0.3) is 5.65 Å². The van der Waals surface area contributed by atoms with Crippen molar-refractivity contribution in [2.45, 2.75) is 32.4 Å². The zero-order valence-corrected chi connectivity index (χ0v) is 14.3. The van der Waals surface area contributed by atoms with E-state index < -0.39 is 0 Å². The molecule has 0 N–H and O–H groups in total. The molecule has 3 aromatic rings. The molecule has 0 bridgehead atoms. The molecular weight excluding hydrogens is 356 g/mol. The molecule has 6 nitrogen and oxygen atoms in total. The molecular formula is C16H17BrN6. The van der Waals surface area contributed by atoms with Crippen molar-refractivity contribution in [1.82, 2.24) is 24.1 Å². The monoisotopic (exact) mass is 372 g/mol. The Labute approximate surface area is 142 Å². The minimum atomic E-state index is 0.835. The quantitative estimate of drug-likeness (QED) is 0.709. The summed E-state index contributed by atoms with van der Waals surface area (Å²) in [4.78, 5) is 11.7. The summed E-state index contributed by atoms with van der Waals surface area (Å²) in [5, 5.41) is 4.25. The number of aromatic nitrogens is 5. The standard InChI is InChI=1S/C16H17BrN6/c17-12-7-19-23-6-4-15(20-16(12)23)21-5-3-14-13(9-21)18-10-22(14)8-11-1-2-11/h4,6-7,10-11H,1-3,5,8-9H2. The molecule has 0 unspecified atom stereocenters. The Kier molecular flexibility index (Phi) is 2.98. The second-order valence-electron chi connectivity index (χ2n) is 6.45. The zero-order chi connectivity index (χ0) is 15.4. The average molecular weight is 373 g/mol. The van der Waals surface area contributed by atoms with Crippen LogP contribution in [-0.2, 0) is 19.5 Å². The van der Waals surface area contributed by atoms with E-state index in [0.29, 0.717) is 0 Å². The van der Waals surface area contributed by atoms with Crippen LogP contribution < -0.4 is 4.90 Å². The van der Waals surface area contributed by atoms with Gasteiger partial charge in [0.1, 0.15) is 5.82 Å². The Balaban J connectivity index is 1.43. The van der Waals surface area contributed by atoms with Crippen molar-refractivity contribution >= 4 is 27.4 Å². The molecule has 23 heavy (non-hydrogen) atoms. The first kappa shape index (κ1) is 13.5. The number of halogens is 1. The fourth-order valence-electron chi connectivity index (χ4n) is 3.31. The molecule has 1 aliphatic heterocycles. The molecule has 4 heterocycles. The number of hydrogen-bond donors (Lipinski definition) is 0. The smallest absolute Gasteiger partial charge is 0.171 e. The molecule has 3 aromatic heterocycles. The third-order valence-corrected chi connectivity index (χ3v) is 5.34. The first-order valence-electron chi connectivity index (χ1n) is 8.05. The molecule has 1 fully saturated rings. The number of imidazole rings is 1. The summed E-state index contributed by atoms with van der Waals surface area (Å²) < 4.78 is 5.08. The Morgan fingerprint density at radius 1 is 1.30 bits per heavy atom. The zero-order valence-electron chi connectivity index (χ0n) is 12.7. The van der Waals surface area contributed by atoms with Crippen LogP contribution in [0.15, 0.2) is 29.3 Å².